The third-order valence-electron chi connectivity index (χ3n) is 4.58. The number of nitrogens with one attached hydrogen (secondary N) is 1. The van der Waals surface area contributed by atoms with E-state index in [2.05, 4.69) is 5.32 Å². The summed E-state index contributed by atoms with van der Waals surface area (Å²) in [4.78, 5) is 37.5. The highest BCUT2D eigenvalue weighted by molar-refractivity contribution is 6.01. The molecule has 0 aromatic heterocycles. The van der Waals surface area contributed by atoms with Gasteiger partial charge >= 0.3 is 5.97 Å². The number of amides is 1. The summed E-state index contributed by atoms with van der Waals surface area (Å²) < 4.78 is 10.6. The summed E-state index contributed by atoms with van der Waals surface area (Å²) in [7, 11) is 1.56. The zero-order valence-corrected chi connectivity index (χ0v) is 17.1. The van der Waals surface area contributed by atoms with Gasteiger partial charge in [0.1, 0.15) is 5.75 Å². The third kappa shape index (κ3) is 6.27. The number of esters is 1. The van der Waals surface area contributed by atoms with Gasteiger partial charge in [-0.2, -0.15) is 0 Å². The first kappa shape index (κ1) is 21.8. The van der Waals surface area contributed by atoms with Gasteiger partial charge in [0.15, 0.2) is 6.10 Å². The topological polar surface area (TPSA) is 81.7 Å². The minimum atomic E-state index is -1.07. The molecule has 0 heterocycles. The molecule has 31 heavy (non-hydrogen) atoms. The smallest absolute Gasteiger partial charge is 0.307 e. The molecule has 0 spiro atoms. The Balaban J connectivity index is 1.61. The van der Waals surface area contributed by atoms with Crippen LogP contribution in [0.3, 0.4) is 0 Å². The Kier molecular flexibility index (Phi) is 7.54. The van der Waals surface area contributed by atoms with Gasteiger partial charge in [0.05, 0.1) is 13.5 Å². The average Bonchev–Trinajstić information content (AvgIpc) is 2.82. The molecule has 3 aromatic rings. The van der Waals surface area contributed by atoms with Crippen LogP contribution < -0.4 is 10.1 Å². The Bertz CT molecular complexity index is 1020. The average molecular weight is 417 g/mol. The van der Waals surface area contributed by atoms with Crippen molar-refractivity contribution < 1.29 is 23.9 Å². The molecule has 3 rings (SSSR count). The molecule has 6 nitrogen and oxygen atoms in total. The second-order valence-electron chi connectivity index (χ2n) is 6.79. The minimum absolute atomic E-state index is 0.0636. The maximum atomic E-state index is 12.9. The fraction of sp³-hybridized carbons (Fsp3) is 0.160. The number of rotatable bonds is 9. The van der Waals surface area contributed by atoms with Crippen molar-refractivity contribution in [1.82, 2.24) is 0 Å². The Hall–Kier alpha value is -3.93. The summed E-state index contributed by atoms with van der Waals surface area (Å²) in [6.07, 6.45) is -1.28. The summed E-state index contributed by atoms with van der Waals surface area (Å²) in [6.45, 7) is 0. The molecule has 1 amide bonds. The normalized spacial score (nSPS) is 11.3. The van der Waals surface area contributed by atoms with Gasteiger partial charge < -0.3 is 14.8 Å². The van der Waals surface area contributed by atoms with Gasteiger partial charge in [-0.3, -0.25) is 14.4 Å². The predicted octanol–water partition coefficient (Wildman–Crippen LogP) is 4.58. The molecule has 0 aliphatic rings. The number of benzene rings is 3. The largest absolute Gasteiger partial charge is 0.497 e. The number of carbonyl (C=O) groups is 3. The maximum Gasteiger partial charge on any atom is 0.307 e. The van der Waals surface area contributed by atoms with Gasteiger partial charge in [-0.05, 0) is 24.3 Å². The zero-order chi connectivity index (χ0) is 22.1. The van der Waals surface area contributed by atoms with Crippen LogP contribution in [0.25, 0.3) is 0 Å². The molecule has 1 atom stereocenters. The molecule has 3 aromatic carbocycles. The summed E-state index contributed by atoms with van der Waals surface area (Å²) in [6, 6.07) is 24.4. The van der Waals surface area contributed by atoms with E-state index in [-0.39, 0.29) is 24.5 Å². The van der Waals surface area contributed by atoms with Gasteiger partial charge in [0.25, 0.3) is 0 Å². The Labute approximate surface area is 180 Å². The van der Waals surface area contributed by atoms with Gasteiger partial charge in [-0.1, -0.05) is 60.7 Å². The van der Waals surface area contributed by atoms with Crippen LogP contribution in [-0.2, 0) is 14.3 Å². The molecule has 0 radical (unpaired) electrons. The number of hydrogen-bond acceptors (Lipinski definition) is 5. The molecule has 1 N–H and O–H groups in total. The van der Waals surface area contributed by atoms with E-state index >= 15 is 0 Å². The number of hydrogen-bond donors (Lipinski definition) is 1. The number of carbonyl (C=O) groups excluding carboxylic acids is 3. The quantitative estimate of drug-likeness (QED) is 0.407. The lowest BCUT2D eigenvalue weighted by Gasteiger charge is -2.17. The minimum Gasteiger partial charge on any atom is -0.497 e. The van der Waals surface area contributed by atoms with Crippen molar-refractivity contribution in [1.29, 1.82) is 0 Å². The second-order valence-corrected chi connectivity index (χ2v) is 6.79. The van der Waals surface area contributed by atoms with Crippen molar-refractivity contribution >= 4 is 23.3 Å². The molecule has 0 unspecified atom stereocenters. The summed E-state index contributed by atoms with van der Waals surface area (Å²) >= 11 is 0. The molecule has 0 saturated carbocycles. The zero-order valence-electron chi connectivity index (χ0n) is 17.1. The third-order valence-corrected chi connectivity index (χ3v) is 4.58. The Morgan fingerprint density at radius 1 is 0.806 bits per heavy atom. The Morgan fingerprint density at radius 3 is 2.03 bits per heavy atom. The lowest BCUT2D eigenvalue weighted by atomic mass is 10.00. The van der Waals surface area contributed by atoms with E-state index in [9.17, 15) is 14.4 Å². The molecule has 0 fully saturated rings. The summed E-state index contributed by atoms with van der Waals surface area (Å²) in [5, 5.41) is 2.71. The van der Waals surface area contributed by atoms with Crippen LogP contribution in [0, 0.1) is 0 Å². The van der Waals surface area contributed by atoms with Gasteiger partial charge in [0, 0.05) is 23.2 Å². The van der Waals surface area contributed by atoms with Gasteiger partial charge in [-0.15, -0.1) is 0 Å². The molecule has 0 bridgehead atoms. The van der Waals surface area contributed by atoms with Crippen molar-refractivity contribution in [3.63, 3.8) is 0 Å². The van der Waals surface area contributed by atoms with Crippen molar-refractivity contribution in [3.8, 4) is 5.75 Å². The van der Waals surface area contributed by atoms with E-state index in [1.165, 1.54) is 0 Å². The number of anilines is 1. The van der Waals surface area contributed by atoms with E-state index in [1.807, 2.05) is 12.1 Å². The van der Waals surface area contributed by atoms with E-state index in [0.717, 1.165) is 0 Å². The van der Waals surface area contributed by atoms with Crippen LogP contribution in [0.4, 0.5) is 5.69 Å². The first-order valence-corrected chi connectivity index (χ1v) is 9.84. The van der Waals surface area contributed by atoms with E-state index < -0.39 is 12.1 Å². The standard InChI is InChI=1S/C25H23NO5/c1-30-21-14-12-20(13-15-21)26-22(27)16-17-23(28)31-25(19-10-6-3-7-11-19)24(29)18-8-4-2-5-9-18/h2-15,25H,16-17H2,1H3,(H,26,27)/t25-/m1/s1. The van der Waals surface area contributed by atoms with E-state index in [4.69, 9.17) is 9.47 Å². The molecular weight excluding hydrogens is 394 g/mol. The molecule has 0 aliphatic carbocycles. The van der Waals surface area contributed by atoms with Crippen LogP contribution in [0.5, 0.6) is 5.75 Å². The predicted molar refractivity (Wildman–Crippen MR) is 117 cm³/mol. The SMILES string of the molecule is COc1ccc(NC(=O)CCC(=O)O[C@@H](C(=O)c2ccccc2)c2ccccc2)cc1. The summed E-state index contributed by atoms with van der Waals surface area (Å²) in [5.74, 6) is -0.588. The lowest BCUT2D eigenvalue weighted by Crippen LogP contribution is -2.21. The van der Waals surface area contributed by atoms with Crippen molar-refractivity contribution in [2.45, 2.75) is 18.9 Å². The van der Waals surface area contributed by atoms with Crippen molar-refractivity contribution in [2.75, 3.05) is 12.4 Å². The van der Waals surface area contributed by atoms with Crippen LogP contribution in [0.15, 0.2) is 84.9 Å². The molecule has 0 aliphatic heterocycles. The number of ether oxygens (including phenoxy) is 2. The number of ketones is 1. The maximum absolute atomic E-state index is 12.9. The van der Waals surface area contributed by atoms with Crippen molar-refractivity contribution in [2.24, 2.45) is 0 Å². The first-order valence-electron chi connectivity index (χ1n) is 9.84. The van der Waals surface area contributed by atoms with Crippen LogP contribution in [0.2, 0.25) is 0 Å². The van der Waals surface area contributed by atoms with E-state index in [1.54, 1.807) is 79.9 Å². The lowest BCUT2D eigenvalue weighted by molar-refractivity contribution is -0.148. The van der Waals surface area contributed by atoms with Crippen LogP contribution in [-0.4, -0.2) is 24.8 Å². The van der Waals surface area contributed by atoms with Gasteiger partial charge in [0.2, 0.25) is 11.7 Å². The highest BCUT2D eigenvalue weighted by Gasteiger charge is 2.26. The number of methoxy groups -OCH3 is 1. The van der Waals surface area contributed by atoms with Gasteiger partial charge in [-0.25, -0.2) is 0 Å². The molecule has 158 valence electrons. The molecule has 0 saturated heterocycles. The second kappa shape index (κ2) is 10.7. The first-order chi connectivity index (χ1) is 15.1. The van der Waals surface area contributed by atoms with Crippen LogP contribution in [0.1, 0.15) is 34.9 Å². The fourth-order valence-corrected chi connectivity index (χ4v) is 2.96. The van der Waals surface area contributed by atoms with Crippen LogP contribution >= 0.6 is 0 Å². The van der Waals surface area contributed by atoms with Crippen molar-refractivity contribution in [3.05, 3.63) is 96.1 Å². The monoisotopic (exact) mass is 417 g/mol. The number of Topliss-reactive ketones (excluding diaryl/α,β-unsaturated/α-hetero) is 1. The highest BCUT2D eigenvalue weighted by atomic mass is 16.5. The highest BCUT2D eigenvalue weighted by Crippen LogP contribution is 2.23. The molecule has 6 heteroatoms. The molecular formula is C25H23NO5. The fourth-order valence-electron chi connectivity index (χ4n) is 2.96. The van der Waals surface area contributed by atoms with E-state index in [0.29, 0.717) is 22.6 Å². The summed E-state index contributed by atoms with van der Waals surface area (Å²) in [5.41, 5.74) is 1.62. The Morgan fingerprint density at radius 2 is 1.42 bits per heavy atom.